The highest BCUT2D eigenvalue weighted by atomic mass is 16.6. The molecule has 1 rings (SSSR count). The molecule has 0 aromatic heterocycles. The molecule has 13 heavy (non-hydrogen) atoms. The van der Waals surface area contributed by atoms with Crippen molar-refractivity contribution in [1.29, 1.82) is 0 Å². The average Bonchev–Trinajstić information content (AvgIpc) is 2.49. The molecule has 5 nitrogen and oxygen atoms in total. The molecule has 0 bridgehead atoms. The van der Waals surface area contributed by atoms with Crippen LogP contribution in [0.15, 0.2) is 0 Å². The summed E-state index contributed by atoms with van der Waals surface area (Å²) in [5.41, 5.74) is 0. The van der Waals surface area contributed by atoms with Crippen LogP contribution in [0.25, 0.3) is 0 Å². The molecule has 0 spiro atoms. The zero-order valence-electron chi connectivity index (χ0n) is 7.85. The molecule has 1 saturated heterocycles. The van der Waals surface area contributed by atoms with Gasteiger partial charge >= 0.3 is 0 Å². The minimum absolute atomic E-state index is 0.00426. The molecule has 1 aliphatic rings. The zero-order chi connectivity index (χ0) is 9.84. The van der Waals surface area contributed by atoms with Crippen LogP contribution in [0.4, 0.5) is 0 Å². The quantitative estimate of drug-likeness (QED) is 0.502. The Labute approximate surface area is 77.5 Å². The topological polar surface area (TPSA) is 66.6 Å². The van der Waals surface area contributed by atoms with Crippen LogP contribution in [0.3, 0.4) is 0 Å². The van der Waals surface area contributed by atoms with Gasteiger partial charge in [-0.05, 0) is 25.9 Å². The van der Waals surface area contributed by atoms with Crippen molar-refractivity contribution in [3.05, 3.63) is 10.1 Å². The third kappa shape index (κ3) is 2.63. The molecule has 2 atom stereocenters. The fraction of sp³-hybridized carbons (Fsp3) is 1.00. The van der Waals surface area contributed by atoms with Crippen LogP contribution in [0.2, 0.25) is 0 Å². The van der Waals surface area contributed by atoms with E-state index in [9.17, 15) is 15.2 Å². The van der Waals surface area contributed by atoms with Gasteiger partial charge in [0.25, 0.3) is 0 Å². The number of aliphatic hydroxyl groups excluding tert-OH is 1. The van der Waals surface area contributed by atoms with Gasteiger partial charge < -0.3 is 5.11 Å². The Hall–Kier alpha value is -0.680. The molecule has 0 aromatic rings. The molecule has 0 aromatic carbocycles. The van der Waals surface area contributed by atoms with Crippen molar-refractivity contribution in [2.24, 2.45) is 0 Å². The minimum atomic E-state index is -0.808. The second-order valence-corrected chi connectivity index (χ2v) is 3.42. The fourth-order valence-corrected chi connectivity index (χ4v) is 1.95. The summed E-state index contributed by atoms with van der Waals surface area (Å²) < 4.78 is 0. The molecular formula is C8H16N2O3. The lowest BCUT2D eigenvalue weighted by atomic mass is 10.1. The van der Waals surface area contributed by atoms with Crippen molar-refractivity contribution < 1.29 is 10.0 Å². The van der Waals surface area contributed by atoms with Gasteiger partial charge in [0.2, 0.25) is 6.54 Å². The Kier molecular flexibility index (Phi) is 3.62. The first-order chi connectivity index (χ1) is 6.15. The molecule has 1 aliphatic heterocycles. The molecule has 1 N–H and O–H groups in total. The van der Waals surface area contributed by atoms with Crippen molar-refractivity contribution in [1.82, 2.24) is 4.90 Å². The number of nitro groups is 1. The van der Waals surface area contributed by atoms with Gasteiger partial charge in [0.05, 0.1) is 0 Å². The van der Waals surface area contributed by atoms with Crippen LogP contribution >= 0.6 is 0 Å². The predicted molar refractivity (Wildman–Crippen MR) is 48.1 cm³/mol. The smallest absolute Gasteiger partial charge is 0.230 e. The minimum Gasteiger partial charge on any atom is -0.385 e. The number of nitrogens with zero attached hydrogens (tertiary/aromatic N) is 2. The van der Waals surface area contributed by atoms with Crippen LogP contribution in [0.1, 0.15) is 19.8 Å². The summed E-state index contributed by atoms with van der Waals surface area (Å²) in [6.07, 6.45) is 1.10. The number of rotatable bonds is 4. The molecule has 76 valence electrons. The highest BCUT2D eigenvalue weighted by Crippen LogP contribution is 2.19. The van der Waals surface area contributed by atoms with Gasteiger partial charge in [0.15, 0.2) is 0 Å². The summed E-state index contributed by atoms with van der Waals surface area (Å²) >= 11 is 0. The molecule has 0 radical (unpaired) electrons. The Bertz CT molecular complexity index is 186. The number of aliphatic hydroxyl groups is 1. The van der Waals surface area contributed by atoms with E-state index in [1.54, 1.807) is 0 Å². The number of likely N-dealkylation sites (N-methyl/N-ethyl adjacent to an activating group) is 1. The summed E-state index contributed by atoms with van der Waals surface area (Å²) in [6.45, 7) is 3.49. The fourth-order valence-electron chi connectivity index (χ4n) is 1.95. The van der Waals surface area contributed by atoms with Crippen LogP contribution in [0, 0.1) is 10.1 Å². The maximum absolute atomic E-state index is 10.2. The van der Waals surface area contributed by atoms with Gasteiger partial charge in [-0.3, -0.25) is 15.0 Å². The largest absolute Gasteiger partial charge is 0.385 e. The second kappa shape index (κ2) is 4.53. The van der Waals surface area contributed by atoms with E-state index in [2.05, 4.69) is 4.90 Å². The molecule has 0 amide bonds. The van der Waals surface area contributed by atoms with Gasteiger partial charge in [0.1, 0.15) is 6.10 Å². The van der Waals surface area contributed by atoms with Crippen molar-refractivity contribution in [2.45, 2.75) is 31.9 Å². The maximum atomic E-state index is 10.2. The van der Waals surface area contributed by atoms with Gasteiger partial charge in [-0.2, -0.15) is 0 Å². The highest BCUT2D eigenvalue weighted by molar-refractivity contribution is 4.83. The van der Waals surface area contributed by atoms with Crippen LogP contribution in [0.5, 0.6) is 0 Å². The third-order valence-electron chi connectivity index (χ3n) is 2.60. The molecular weight excluding hydrogens is 172 g/mol. The highest BCUT2D eigenvalue weighted by Gasteiger charge is 2.31. The first-order valence-electron chi connectivity index (χ1n) is 4.69. The Balaban J connectivity index is 2.44. The monoisotopic (exact) mass is 188 g/mol. The molecule has 0 saturated carbocycles. The van der Waals surface area contributed by atoms with Gasteiger partial charge in [-0.15, -0.1) is 0 Å². The van der Waals surface area contributed by atoms with E-state index in [0.717, 1.165) is 25.9 Å². The average molecular weight is 188 g/mol. The summed E-state index contributed by atoms with van der Waals surface area (Å²) in [5, 5.41) is 19.7. The van der Waals surface area contributed by atoms with E-state index in [1.807, 2.05) is 6.92 Å². The summed E-state index contributed by atoms with van der Waals surface area (Å²) in [7, 11) is 0. The van der Waals surface area contributed by atoms with E-state index in [1.165, 1.54) is 0 Å². The van der Waals surface area contributed by atoms with Gasteiger partial charge in [0, 0.05) is 11.0 Å². The molecule has 1 heterocycles. The van der Waals surface area contributed by atoms with Gasteiger partial charge in [-0.1, -0.05) is 6.92 Å². The molecule has 5 heteroatoms. The van der Waals surface area contributed by atoms with Crippen LogP contribution in [-0.2, 0) is 0 Å². The molecule has 1 fully saturated rings. The lowest BCUT2D eigenvalue weighted by molar-refractivity contribution is -0.491. The van der Waals surface area contributed by atoms with E-state index < -0.39 is 11.0 Å². The zero-order valence-corrected chi connectivity index (χ0v) is 7.85. The lowest BCUT2D eigenvalue weighted by Gasteiger charge is -2.24. The number of hydrogen-bond donors (Lipinski definition) is 1. The van der Waals surface area contributed by atoms with E-state index in [0.29, 0.717) is 0 Å². The maximum Gasteiger partial charge on any atom is 0.230 e. The van der Waals surface area contributed by atoms with Crippen LogP contribution in [-0.4, -0.2) is 46.7 Å². The molecule has 0 aliphatic carbocycles. The van der Waals surface area contributed by atoms with E-state index in [4.69, 9.17) is 0 Å². The van der Waals surface area contributed by atoms with Crippen molar-refractivity contribution in [3.8, 4) is 0 Å². The second-order valence-electron chi connectivity index (χ2n) is 3.42. The van der Waals surface area contributed by atoms with E-state index >= 15 is 0 Å². The van der Waals surface area contributed by atoms with Crippen molar-refractivity contribution in [2.75, 3.05) is 19.6 Å². The Morgan fingerprint density at radius 1 is 1.77 bits per heavy atom. The third-order valence-corrected chi connectivity index (χ3v) is 2.60. The van der Waals surface area contributed by atoms with Crippen molar-refractivity contribution in [3.63, 3.8) is 0 Å². The lowest BCUT2D eigenvalue weighted by Crippen LogP contribution is -2.42. The standard InChI is InChI=1S/C8H16N2O3/c1-2-9-5-3-4-7(9)8(11)6-10(12)13/h7-8,11H,2-6H2,1H3. The Morgan fingerprint density at radius 3 is 3.00 bits per heavy atom. The summed E-state index contributed by atoms with van der Waals surface area (Å²) in [6, 6.07) is -0.00426. The predicted octanol–water partition coefficient (Wildman–Crippen LogP) is 0.108. The van der Waals surface area contributed by atoms with Crippen LogP contribution < -0.4 is 0 Å². The number of hydrogen-bond acceptors (Lipinski definition) is 4. The summed E-state index contributed by atoms with van der Waals surface area (Å²) in [5.74, 6) is 0. The van der Waals surface area contributed by atoms with E-state index in [-0.39, 0.29) is 12.6 Å². The summed E-state index contributed by atoms with van der Waals surface area (Å²) in [4.78, 5) is 11.8. The Morgan fingerprint density at radius 2 is 2.46 bits per heavy atom. The van der Waals surface area contributed by atoms with Crippen molar-refractivity contribution >= 4 is 0 Å². The number of likely N-dealkylation sites (tertiary alicyclic amines) is 1. The first-order valence-corrected chi connectivity index (χ1v) is 4.69. The molecule has 2 unspecified atom stereocenters. The SMILES string of the molecule is CCN1CCCC1C(O)C[N+](=O)[O-]. The van der Waals surface area contributed by atoms with Gasteiger partial charge in [-0.25, -0.2) is 0 Å². The normalized spacial score (nSPS) is 26.2. The first kappa shape index (κ1) is 10.4.